The summed E-state index contributed by atoms with van der Waals surface area (Å²) in [7, 11) is 0. The van der Waals surface area contributed by atoms with Crippen LogP contribution in [0.25, 0.3) is 0 Å². The second kappa shape index (κ2) is 2.98. The van der Waals surface area contributed by atoms with Crippen LogP contribution in [0.15, 0.2) is 11.6 Å². The summed E-state index contributed by atoms with van der Waals surface area (Å²) in [5.74, 6) is 0. The van der Waals surface area contributed by atoms with Crippen molar-refractivity contribution in [3.63, 3.8) is 0 Å². The highest BCUT2D eigenvalue weighted by atomic mass is 35.5. The van der Waals surface area contributed by atoms with Gasteiger partial charge in [0.2, 0.25) is 0 Å². The van der Waals surface area contributed by atoms with Crippen LogP contribution in [0, 0.1) is 5.41 Å². The number of carbonyl (C=O) groups is 1. The topological polar surface area (TPSA) is 17.1 Å². The maximum atomic E-state index is 10.7. The third kappa shape index (κ3) is 1.64. The van der Waals surface area contributed by atoms with E-state index in [4.69, 9.17) is 11.6 Å². The van der Waals surface area contributed by atoms with E-state index in [2.05, 4.69) is 13.0 Å². The number of carbonyl (C=O) groups excluding carboxylic acids is 1. The van der Waals surface area contributed by atoms with Crippen LogP contribution in [-0.2, 0) is 4.79 Å². The molecule has 0 aromatic carbocycles. The third-order valence-corrected chi connectivity index (χ3v) is 3.03. The lowest BCUT2D eigenvalue weighted by molar-refractivity contribution is -0.115. The van der Waals surface area contributed by atoms with Crippen molar-refractivity contribution in [3.05, 3.63) is 11.6 Å². The Hall–Kier alpha value is -0.300. The first kappa shape index (κ1) is 8.79. The summed E-state index contributed by atoms with van der Waals surface area (Å²) < 4.78 is 0. The minimum atomic E-state index is -0.332. The molecule has 1 aliphatic rings. The van der Waals surface area contributed by atoms with Gasteiger partial charge in [-0.2, -0.15) is 0 Å². The van der Waals surface area contributed by atoms with Crippen molar-refractivity contribution in [2.45, 2.75) is 32.1 Å². The van der Waals surface area contributed by atoms with E-state index < -0.39 is 0 Å². The lowest BCUT2D eigenvalue weighted by atomic mass is 9.78. The number of halogens is 1. The van der Waals surface area contributed by atoms with Crippen LogP contribution in [0.4, 0.5) is 0 Å². The van der Waals surface area contributed by atoms with Crippen molar-refractivity contribution in [2.75, 3.05) is 0 Å². The smallest absolute Gasteiger partial charge is 0.127 e. The highest BCUT2D eigenvalue weighted by Gasteiger charge is 2.34. The zero-order chi connectivity index (χ0) is 8.48. The van der Waals surface area contributed by atoms with E-state index in [9.17, 15) is 4.79 Å². The summed E-state index contributed by atoms with van der Waals surface area (Å²) in [6, 6.07) is 0. The minimum absolute atomic E-state index is 0.0231. The zero-order valence-corrected chi connectivity index (χ0v) is 7.69. The largest absolute Gasteiger partial charge is 0.303 e. The van der Waals surface area contributed by atoms with E-state index in [1.807, 2.05) is 6.92 Å². The van der Waals surface area contributed by atoms with Crippen molar-refractivity contribution >= 4 is 17.9 Å². The summed E-state index contributed by atoms with van der Waals surface area (Å²) in [5.41, 5.74) is 0.963. The van der Waals surface area contributed by atoms with Gasteiger partial charge in [0.25, 0.3) is 0 Å². The summed E-state index contributed by atoms with van der Waals surface area (Å²) in [4.78, 5) is 10.7. The summed E-state index contributed by atoms with van der Waals surface area (Å²) in [6.07, 6.45) is 4.72. The van der Waals surface area contributed by atoms with Crippen molar-refractivity contribution in [2.24, 2.45) is 5.41 Å². The van der Waals surface area contributed by atoms with E-state index in [0.29, 0.717) is 0 Å². The molecule has 0 unspecified atom stereocenters. The molecule has 1 aliphatic carbocycles. The number of hydrogen-bond acceptors (Lipinski definition) is 1. The average molecular weight is 173 g/mol. The van der Waals surface area contributed by atoms with Gasteiger partial charge in [-0.1, -0.05) is 18.6 Å². The molecule has 0 spiro atoms. The molecular formula is C9H13ClO. The first-order chi connectivity index (χ1) is 5.08. The fourth-order valence-corrected chi connectivity index (χ4v) is 1.63. The fraction of sp³-hybridized carbons (Fsp3) is 0.667. The van der Waals surface area contributed by atoms with Crippen molar-refractivity contribution < 1.29 is 4.79 Å². The van der Waals surface area contributed by atoms with Crippen LogP contribution in [0.2, 0.25) is 0 Å². The zero-order valence-electron chi connectivity index (χ0n) is 6.93. The SMILES string of the molecule is CC1=CC[C@](C)(C=O)[C@@H](Cl)C1. The number of aldehydes is 1. The second-order valence-electron chi connectivity index (χ2n) is 3.55. The molecule has 0 radical (unpaired) electrons. The first-order valence-corrected chi connectivity index (χ1v) is 4.28. The second-order valence-corrected chi connectivity index (χ2v) is 4.08. The van der Waals surface area contributed by atoms with Crippen LogP contribution in [0.3, 0.4) is 0 Å². The number of hydrogen-bond donors (Lipinski definition) is 0. The van der Waals surface area contributed by atoms with Gasteiger partial charge < -0.3 is 4.79 Å². The number of alkyl halides is 1. The van der Waals surface area contributed by atoms with Gasteiger partial charge in [-0.3, -0.25) is 0 Å². The molecule has 1 rings (SSSR count). The number of allylic oxidation sites excluding steroid dienone is 2. The average Bonchev–Trinajstić information content (AvgIpc) is 1.98. The molecule has 62 valence electrons. The van der Waals surface area contributed by atoms with Crippen LogP contribution >= 0.6 is 11.6 Å². The van der Waals surface area contributed by atoms with Gasteiger partial charge >= 0.3 is 0 Å². The monoisotopic (exact) mass is 172 g/mol. The fourth-order valence-electron chi connectivity index (χ4n) is 1.24. The van der Waals surface area contributed by atoms with Gasteiger partial charge in [-0.25, -0.2) is 0 Å². The summed E-state index contributed by atoms with van der Waals surface area (Å²) >= 11 is 6.05. The van der Waals surface area contributed by atoms with Crippen LogP contribution in [-0.4, -0.2) is 11.7 Å². The Morgan fingerprint density at radius 2 is 2.45 bits per heavy atom. The Kier molecular flexibility index (Phi) is 2.38. The van der Waals surface area contributed by atoms with Gasteiger partial charge in [0.05, 0.1) is 0 Å². The Morgan fingerprint density at radius 1 is 1.82 bits per heavy atom. The molecule has 11 heavy (non-hydrogen) atoms. The normalized spacial score (nSPS) is 38.1. The molecule has 0 heterocycles. The summed E-state index contributed by atoms with van der Waals surface area (Å²) in [5, 5.41) is -0.0231. The van der Waals surface area contributed by atoms with Gasteiger partial charge in [-0.15, -0.1) is 11.6 Å². The Bertz CT molecular complexity index is 198. The van der Waals surface area contributed by atoms with E-state index in [-0.39, 0.29) is 10.8 Å². The van der Waals surface area contributed by atoms with Crippen molar-refractivity contribution in [1.29, 1.82) is 0 Å². The predicted molar refractivity (Wildman–Crippen MR) is 46.8 cm³/mol. The van der Waals surface area contributed by atoms with Gasteiger partial charge in [0.1, 0.15) is 6.29 Å². The van der Waals surface area contributed by atoms with Crippen LogP contribution in [0.5, 0.6) is 0 Å². The lowest BCUT2D eigenvalue weighted by Gasteiger charge is -2.31. The third-order valence-electron chi connectivity index (χ3n) is 2.38. The van der Waals surface area contributed by atoms with E-state index in [1.54, 1.807) is 0 Å². The van der Waals surface area contributed by atoms with Crippen LogP contribution in [0.1, 0.15) is 26.7 Å². The molecule has 0 amide bonds. The van der Waals surface area contributed by atoms with Crippen LogP contribution < -0.4 is 0 Å². The molecule has 0 bridgehead atoms. The van der Waals surface area contributed by atoms with Crippen molar-refractivity contribution in [3.8, 4) is 0 Å². The van der Waals surface area contributed by atoms with E-state index in [0.717, 1.165) is 19.1 Å². The number of rotatable bonds is 1. The highest BCUT2D eigenvalue weighted by Crippen LogP contribution is 2.36. The Balaban J connectivity index is 2.80. The van der Waals surface area contributed by atoms with E-state index >= 15 is 0 Å². The first-order valence-electron chi connectivity index (χ1n) is 3.84. The molecule has 0 saturated carbocycles. The molecule has 2 heteroatoms. The highest BCUT2D eigenvalue weighted by molar-refractivity contribution is 6.22. The van der Waals surface area contributed by atoms with Gasteiger partial charge in [-0.05, 0) is 19.8 Å². The Labute approximate surface area is 72.4 Å². The predicted octanol–water partition coefficient (Wildman–Crippen LogP) is 2.54. The van der Waals surface area contributed by atoms with Gasteiger partial charge in [0.15, 0.2) is 0 Å². The van der Waals surface area contributed by atoms with Crippen molar-refractivity contribution in [1.82, 2.24) is 0 Å². The van der Waals surface area contributed by atoms with Gasteiger partial charge in [0, 0.05) is 10.8 Å². The molecule has 1 nitrogen and oxygen atoms in total. The molecule has 0 fully saturated rings. The molecule has 0 aromatic heterocycles. The maximum absolute atomic E-state index is 10.7. The molecule has 0 aromatic rings. The molecular weight excluding hydrogens is 160 g/mol. The lowest BCUT2D eigenvalue weighted by Crippen LogP contribution is -2.32. The standard InChI is InChI=1S/C9H13ClO/c1-7-3-4-9(2,6-11)8(10)5-7/h3,6,8H,4-5H2,1-2H3/t8-,9+/m0/s1. The quantitative estimate of drug-likeness (QED) is 0.338. The Morgan fingerprint density at radius 3 is 2.91 bits per heavy atom. The minimum Gasteiger partial charge on any atom is -0.303 e. The molecule has 0 aliphatic heterocycles. The molecule has 2 atom stereocenters. The van der Waals surface area contributed by atoms with E-state index in [1.165, 1.54) is 5.57 Å². The molecule has 0 saturated heterocycles. The maximum Gasteiger partial charge on any atom is 0.127 e. The summed E-state index contributed by atoms with van der Waals surface area (Å²) in [6.45, 7) is 3.97. The molecule has 0 N–H and O–H groups in total.